The van der Waals surface area contributed by atoms with Gasteiger partial charge in [0.05, 0.1) is 16.2 Å². The summed E-state index contributed by atoms with van der Waals surface area (Å²) >= 11 is 0. The van der Waals surface area contributed by atoms with Crippen LogP contribution in [0.5, 0.6) is 0 Å². The second kappa shape index (κ2) is 7.26. The summed E-state index contributed by atoms with van der Waals surface area (Å²) in [5, 5.41) is 17.8. The van der Waals surface area contributed by atoms with Gasteiger partial charge in [0.1, 0.15) is 5.69 Å². The Labute approximate surface area is 166 Å². The van der Waals surface area contributed by atoms with Gasteiger partial charge >= 0.3 is 0 Å². The van der Waals surface area contributed by atoms with Crippen LogP contribution in [0.15, 0.2) is 6.07 Å². The normalized spacial score (nSPS) is 28.6. The van der Waals surface area contributed by atoms with E-state index < -0.39 is 4.92 Å². The number of benzene rings is 1. The zero-order valence-corrected chi connectivity index (χ0v) is 17.0. The first-order valence-electron chi connectivity index (χ1n) is 10.4. The van der Waals surface area contributed by atoms with E-state index >= 15 is 0 Å². The number of carbonyl (C=O) groups is 1. The monoisotopic (exact) mass is 386 g/mol. The van der Waals surface area contributed by atoms with Crippen molar-refractivity contribution in [2.75, 3.05) is 30.4 Å². The Balaban J connectivity index is 1.69. The van der Waals surface area contributed by atoms with Crippen LogP contribution in [0.25, 0.3) is 0 Å². The molecule has 2 atom stereocenters. The highest BCUT2D eigenvalue weighted by Crippen LogP contribution is 2.49. The summed E-state index contributed by atoms with van der Waals surface area (Å²) in [5.74, 6) is 1.95. The van der Waals surface area contributed by atoms with Crippen LogP contribution < -0.4 is 15.5 Å². The fraction of sp³-hybridized carbons (Fsp3) is 0.667. The summed E-state index contributed by atoms with van der Waals surface area (Å²) in [7, 11) is 1.70. The minimum atomic E-state index is -0.400. The fourth-order valence-corrected chi connectivity index (χ4v) is 5.08. The average Bonchev–Trinajstić information content (AvgIpc) is 3.28. The number of hydrogen-bond donors (Lipinski definition) is 2. The number of anilines is 2. The lowest BCUT2D eigenvalue weighted by atomic mass is 9.87. The van der Waals surface area contributed by atoms with Crippen LogP contribution in [0.2, 0.25) is 0 Å². The quantitative estimate of drug-likeness (QED) is 0.595. The average molecular weight is 386 g/mol. The molecule has 2 aliphatic carbocycles. The van der Waals surface area contributed by atoms with Crippen LogP contribution in [-0.2, 0) is 0 Å². The highest BCUT2D eigenvalue weighted by Gasteiger charge is 2.46. The van der Waals surface area contributed by atoms with E-state index in [1.165, 1.54) is 12.5 Å². The highest BCUT2D eigenvalue weighted by atomic mass is 16.6. The Hall–Kier alpha value is -2.31. The van der Waals surface area contributed by atoms with Gasteiger partial charge in [0, 0.05) is 37.8 Å². The number of nitrogens with zero attached hydrogens (tertiary/aromatic N) is 2. The predicted octanol–water partition coefficient (Wildman–Crippen LogP) is 3.71. The number of piperidine rings is 1. The maximum absolute atomic E-state index is 13.2. The molecule has 0 spiro atoms. The van der Waals surface area contributed by atoms with Crippen LogP contribution in [0, 0.1) is 34.8 Å². The second-order valence-corrected chi connectivity index (χ2v) is 8.89. The van der Waals surface area contributed by atoms with E-state index in [2.05, 4.69) is 22.5 Å². The summed E-state index contributed by atoms with van der Waals surface area (Å²) in [6.07, 6.45) is 5.46. The lowest BCUT2D eigenvalue weighted by Gasteiger charge is -2.29. The molecular weight excluding hydrogens is 356 g/mol. The summed E-state index contributed by atoms with van der Waals surface area (Å²) in [5.41, 5.74) is 2.58. The number of carbonyl (C=O) groups excluding carboxylic acids is 1. The smallest absolute Gasteiger partial charge is 0.293 e. The van der Waals surface area contributed by atoms with Crippen LogP contribution in [-0.4, -0.2) is 37.0 Å². The summed E-state index contributed by atoms with van der Waals surface area (Å²) in [6.45, 7) is 6.01. The standard InChI is InChI=1S/C21H30N4O3/c1-12-4-6-16(7-5-12)23-21(26)17-9-18(25(27)28)19(22-3)13(2)20(17)24-10-14-8-15(14)11-24/h9,12,14-16,22H,4-8,10-11H2,1-3H3,(H,23,26)/t12-,14?,15?,16-. The van der Waals surface area contributed by atoms with E-state index in [0.29, 0.717) is 29.0 Å². The molecule has 1 aromatic carbocycles. The molecule has 3 fully saturated rings. The molecule has 1 saturated heterocycles. The van der Waals surface area contributed by atoms with Crippen molar-refractivity contribution in [3.63, 3.8) is 0 Å². The zero-order valence-electron chi connectivity index (χ0n) is 17.0. The number of nitrogens with one attached hydrogen (secondary N) is 2. The van der Waals surface area contributed by atoms with Crippen molar-refractivity contribution < 1.29 is 9.72 Å². The third kappa shape index (κ3) is 3.42. The van der Waals surface area contributed by atoms with E-state index in [1.807, 2.05) is 6.92 Å². The van der Waals surface area contributed by atoms with Gasteiger partial charge < -0.3 is 15.5 Å². The first-order chi connectivity index (χ1) is 13.4. The molecule has 4 rings (SSSR count). The van der Waals surface area contributed by atoms with Crippen LogP contribution in [0.3, 0.4) is 0 Å². The Morgan fingerprint density at radius 3 is 2.43 bits per heavy atom. The maximum Gasteiger partial charge on any atom is 0.293 e. The van der Waals surface area contributed by atoms with Gasteiger partial charge in [0.2, 0.25) is 0 Å². The topological polar surface area (TPSA) is 87.5 Å². The molecule has 2 unspecified atom stereocenters. The molecule has 2 N–H and O–H groups in total. The highest BCUT2D eigenvalue weighted by molar-refractivity contribution is 6.03. The molecule has 3 aliphatic rings. The minimum absolute atomic E-state index is 0.0319. The molecule has 7 nitrogen and oxygen atoms in total. The van der Waals surface area contributed by atoms with Crippen molar-refractivity contribution in [2.45, 2.75) is 52.0 Å². The third-order valence-electron chi connectivity index (χ3n) is 6.86. The van der Waals surface area contributed by atoms with Gasteiger partial charge in [-0.25, -0.2) is 0 Å². The molecule has 1 aromatic rings. The molecule has 28 heavy (non-hydrogen) atoms. The summed E-state index contributed by atoms with van der Waals surface area (Å²) in [6, 6.07) is 1.63. The van der Waals surface area contributed by atoms with Gasteiger partial charge in [0.25, 0.3) is 11.6 Å². The van der Waals surface area contributed by atoms with Gasteiger partial charge in [0.15, 0.2) is 0 Å². The van der Waals surface area contributed by atoms with Gasteiger partial charge in [-0.05, 0) is 56.8 Å². The van der Waals surface area contributed by atoms with Crippen LogP contribution >= 0.6 is 0 Å². The van der Waals surface area contributed by atoms with Crippen molar-refractivity contribution in [3.05, 3.63) is 27.3 Å². The molecule has 2 saturated carbocycles. The molecule has 152 valence electrons. The summed E-state index contributed by atoms with van der Waals surface area (Å²) < 4.78 is 0. The van der Waals surface area contributed by atoms with Crippen LogP contribution in [0.4, 0.5) is 17.1 Å². The molecule has 0 aromatic heterocycles. The van der Waals surface area contributed by atoms with Crippen molar-refractivity contribution in [2.24, 2.45) is 17.8 Å². The van der Waals surface area contributed by atoms with Gasteiger partial charge in [-0.3, -0.25) is 14.9 Å². The maximum atomic E-state index is 13.2. The fourth-order valence-electron chi connectivity index (χ4n) is 5.08. The SMILES string of the molecule is CNc1c([N+](=O)[O-])cc(C(=O)N[C@H]2CC[C@H](C)CC2)c(N2CC3CC3C2)c1C. The number of hydrogen-bond acceptors (Lipinski definition) is 5. The van der Waals surface area contributed by atoms with E-state index in [-0.39, 0.29) is 17.6 Å². The van der Waals surface area contributed by atoms with E-state index in [4.69, 9.17) is 0 Å². The van der Waals surface area contributed by atoms with Crippen LogP contribution in [0.1, 0.15) is 54.9 Å². The van der Waals surface area contributed by atoms with E-state index in [9.17, 15) is 14.9 Å². The first-order valence-corrected chi connectivity index (χ1v) is 10.4. The molecular formula is C21H30N4O3. The Bertz CT molecular complexity index is 791. The molecule has 1 heterocycles. The lowest BCUT2D eigenvalue weighted by molar-refractivity contribution is -0.384. The van der Waals surface area contributed by atoms with Gasteiger partial charge in [-0.2, -0.15) is 0 Å². The number of amides is 1. The first kappa shape index (κ1) is 19.0. The number of fused-ring (bicyclic) bond motifs is 1. The van der Waals surface area contributed by atoms with E-state index in [0.717, 1.165) is 50.0 Å². The number of rotatable bonds is 5. The molecule has 0 radical (unpaired) electrons. The largest absolute Gasteiger partial charge is 0.382 e. The summed E-state index contributed by atoms with van der Waals surface area (Å²) in [4.78, 5) is 26.7. The van der Waals surface area contributed by atoms with Gasteiger partial charge in [-0.1, -0.05) is 6.92 Å². The minimum Gasteiger partial charge on any atom is -0.382 e. The van der Waals surface area contributed by atoms with E-state index in [1.54, 1.807) is 7.05 Å². The third-order valence-corrected chi connectivity index (χ3v) is 6.86. The van der Waals surface area contributed by atoms with Gasteiger partial charge in [-0.15, -0.1) is 0 Å². The van der Waals surface area contributed by atoms with Crippen molar-refractivity contribution in [1.82, 2.24) is 5.32 Å². The number of nitro benzene ring substituents is 1. The molecule has 1 amide bonds. The number of nitro groups is 1. The molecule has 0 bridgehead atoms. The van der Waals surface area contributed by atoms with Crippen molar-refractivity contribution in [3.8, 4) is 0 Å². The second-order valence-electron chi connectivity index (χ2n) is 8.89. The zero-order chi connectivity index (χ0) is 20.0. The molecule has 7 heteroatoms. The Morgan fingerprint density at radius 1 is 1.21 bits per heavy atom. The molecule has 1 aliphatic heterocycles. The predicted molar refractivity (Wildman–Crippen MR) is 110 cm³/mol. The lowest BCUT2D eigenvalue weighted by Crippen LogP contribution is -2.38. The Morgan fingerprint density at radius 2 is 1.86 bits per heavy atom. The van der Waals surface area contributed by atoms with Crippen molar-refractivity contribution >= 4 is 23.0 Å². The Kier molecular flexibility index (Phi) is 4.93. The van der Waals surface area contributed by atoms with Crippen molar-refractivity contribution in [1.29, 1.82) is 0 Å².